The predicted octanol–water partition coefficient (Wildman–Crippen LogP) is 2.60. The van der Waals surface area contributed by atoms with E-state index in [0.717, 1.165) is 6.26 Å². The van der Waals surface area contributed by atoms with Gasteiger partial charge in [0.05, 0.1) is 16.1 Å². The zero-order valence-corrected chi connectivity index (χ0v) is 12.6. The van der Waals surface area contributed by atoms with Crippen LogP contribution in [0.1, 0.15) is 18.4 Å². The zero-order valence-electron chi connectivity index (χ0n) is 10.2. The van der Waals surface area contributed by atoms with Gasteiger partial charge in [-0.05, 0) is 24.6 Å². The lowest BCUT2D eigenvalue weighted by molar-refractivity contribution is -0.118. The number of carbonyl (C=O) groups is 1. The van der Waals surface area contributed by atoms with E-state index in [9.17, 15) is 13.2 Å². The number of sulfone groups is 1. The molecule has 19 heavy (non-hydrogen) atoms. The van der Waals surface area contributed by atoms with Crippen molar-refractivity contribution in [3.63, 3.8) is 0 Å². The van der Waals surface area contributed by atoms with Gasteiger partial charge in [0.15, 0.2) is 15.6 Å². The van der Waals surface area contributed by atoms with Crippen LogP contribution in [-0.2, 0) is 14.6 Å². The van der Waals surface area contributed by atoms with E-state index in [1.165, 1.54) is 25.1 Å². The first-order valence-corrected chi connectivity index (χ1v) is 7.96. The van der Waals surface area contributed by atoms with Crippen LogP contribution in [0.15, 0.2) is 18.2 Å². The van der Waals surface area contributed by atoms with Crippen LogP contribution in [0, 0.1) is 11.3 Å². The zero-order chi connectivity index (χ0) is 14.8. The van der Waals surface area contributed by atoms with Crippen LogP contribution in [0.2, 0.25) is 10.0 Å². The van der Waals surface area contributed by atoms with E-state index in [0.29, 0.717) is 10.6 Å². The molecule has 0 saturated carbocycles. The van der Waals surface area contributed by atoms with Crippen molar-refractivity contribution in [3.05, 3.63) is 33.8 Å². The maximum absolute atomic E-state index is 12.0. The van der Waals surface area contributed by atoms with Gasteiger partial charge in [0, 0.05) is 6.26 Å². The summed E-state index contributed by atoms with van der Waals surface area (Å²) in [6.45, 7) is 1.26. The van der Waals surface area contributed by atoms with Crippen LogP contribution < -0.4 is 0 Å². The van der Waals surface area contributed by atoms with E-state index in [2.05, 4.69) is 0 Å². The third-order valence-electron chi connectivity index (χ3n) is 2.73. The van der Waals surface area contributed by atoms with Crippen LogP contribution in [0.25, 0.3) is 0 Å². The molecule has 7 heteroatoms. The van der Waals surface area contributed by atoms with Gasteiger partial charge in [0.1, 0.15) is 11.2 Å². The highest BCUT2D eigenvalue weighted by molar-refractivity contribution is 7.92. The number of rotatable bonds is 4. The Bertz CT molecular complexity index is 649. The smallest absolute Gasteiger partial charge is 0.172 e. The summed E-state index contributed by atoms with van der Waals surface area (Å²) in [6, 6.07) is 6.14. The molecule has 2 unspecified atom stereocenters. The highest BCUT2D eigenvalue weighted by Crippen LogP contribution is 2.28. The van der Waals surface area contributed by atoms with E-state index in [1.807, 2.05) is 0 Å². The number of nitrogens with zero attached hydrogens (tertiary/aromatic N) is 1. The molecular weight excluding hydrogens is 309 g/mol. The van der Waals surface area contributed by atoms with Gasteiger partial charge >= 0.3 is 0 Å². The topological polar surface area (TPSA) is 75.0 Å². The molecule has 0 radical (unpaired) electrons. The lowest BCUT2D eigenvalue weighted by Crippen LogP contribution is -2.30. The van der Waals surface area contributed by atoms with E-state index in [4.69, 9.17) is 28.5 Å². The molecule has 0 spiro atoms. The number of hydrogen-bond acceptors (Lipinski definition) is 4. The molecule has 0 fully saturated rings. The number of benzene rings is 1. The third kappa shape index (κ3) is 3.69. The van der Waals surface area contributed by atoms with Crippen LogP contribution in [0.3, 0.4) is 0 Å². The Hall–Kier alpha value is -1.09. The normalized spacial score (nSPS) is 14.5. The number of ketones is 1. The number of hydrogen-bond donors (Lipinski definition) is 0. The predicted molar refractivity (Wildman–Crippen MR) is 74.1 cm³/mol. The molecule has 102 valence electrons. The fourth-order valence-corrected chi connectivity index (χ4v) is 2.30. The second-order valence-corrected chi connectivity index (χ2v) is 7.29. The standard InChI is InChI=1S/C12H11Cl2NO3S/c1-7(19(2,17)18)12(16)9(6-15)8-3-4-10(13)11(14)5-8/h3-5,7,9H,1-2H3. The molecule has 0 aliphatic heterocycles. The lowest BCUT2D eigenvalue weighted by atomic mass is 9.94. The first kappa shape index (κ1) is 16.0. The van der Waals surface area contributed by atoms with Gasteiger partial charge in [-0.1, -0.05) is 29.3 Å². The molecule has 1 rings (SSSR count). The Labute approximate surface area is 121 Å². The molecule has 4 nitrogen and oxygen atoms in total. The monoisotopic (exact) mass is 319 g/mol. The average Bonchev–Trinajstić information content (AvgIpc) is 2.32. The number of carbonyl (C=O) groups excluding carboxylic acids is 1. The first-order valence-electron chi connectivity index (χ1n) is 5.25. The second kappa shape index (κ2) is 5.91. The van der Waals surface area contributed by atoms with E-state index < -0.39 is 26.8 Å². The van der Waals surface area contributed by atoms with Gasteiger partial charge in [-0.25, -0.2) is 8.42 Å². The summed E-state index contributed by atoms with van der Waals surface area (Å²) >= 11 is 11.6. The van der Waals surface area contributed by atoms with Crippen LogP contribution in [0.5, 0.6) is 0 Å². The molecule has 0 aliphatic carbocycles. The Morgan fingerprint density at radius 1 is 1.32 bits per heavy atom. The number of nitriles is 1. The second-order valence-electron chi connectivity index (χ2n) is 4.11. The summed E-state index contributed by atoms with van der Waals surface area (Å²) in [5.74, 6) is -1.86. The molecule has 1 aromatic carbocycles. The van der Waals surface area contributed by atoms with E-state index >= 15 is 0 Å². The van der Waals surface area contributed by atoms with Gasteiger partial charge in [-0.2, -0.15) is 5.26 Å². The lowest BCUT2D eigenvalue weighted by Gasteiger charge is -2.13. The number of halogens is 2. The summed E-state index contributed by atoms with van der Waals surface area (Å²) in [5.41, 5.74) is 0.331. The molecule has 0 N–H and O–H groups in total. The quantitative estimate of drug-likeness (QED) is 0.854. The van der Waals surface area contributed by atoms with Crippen LogP contribution in [0.4, 0.5) is 0 Å². The molecule has 0 aliphatic rings. The summed E-state index contributed by atoms with van der Waals surface area (Å²) in [5, 5.41) is 8.34. The van der Waals surface area contributed by atoms with Crippen molar-refractivity contribution < 1.29 is 13.2 Å². The van der Waals surface area contributed by atoms with E-state index in [-0.39, 0.29) is 5.02 Å². The van der Waals surface area contributed by atoms with Crippen molar-refractivity contribution in [3.8, 4) is 6.07 Å². The summed E-state index contributed by atoms with van der Waals surface area (Å²) < 4.78 is 22.7. The Morgan fingerprint density at radius 2 is 1.89 bits per heavy atom. The highest BCUT2D eigenvalue weighted by Gasteiger charge is 2.31. The minimum Gasteiger partial charge on any atom is -0.296 e. The third-order valence-corrected chi connectivity index (χ3v) is 4.99. The highest BCUT2D eigenvalue weighted by atomic mass is 35.5. The molecule has 2 atom stereocenters. The molecule has 0 bridgehead atoms. The van der Waals surface area contributed by atoms with Gasteiger partial charge in [-0.3, -0.25) is 4.79 Å². The minimum absolute atomic E-state index is 0.208. The van der Waals surface area contributed by atoms with E-state index in [1.54, 1.807) is 6.07 Å². The molecular formula is C12H11Cl2NO3S. The molecule has 0 aromatic heterocycles. The fraction of sp³-hybridized carbons (Fsp3) is 0.333. The van der Waals surface area contributed by atoms with Crippen molar-refractivity contribution >= 4 is 38.8 Å². The first-order chi connectivity index (χ1) is 8.68. The van der Waals surface area contributed by atoms with Gasteiger partial charge in [-0.15, -0.1) is 0 Å². The largest absolute Gasteiger partial charge is 0.296 e. The summed E-state index contributed by atoms with van der Waals surface area (Å²) in [7, 11) is -3.54. The maximum Gasteiger partial charge on any atom is 0.172 e. The summed E-state index contributed by atoms with van der Waals surface area (Å²) in [6.07, 6.45) is 0.957. The van der Waals surface area contributed by atoms with Gasteiger partial charge in [0.25, 0.3) is 0 Å². The Kier molecular flexibility index (Phi) is 4.97. The molecule has 0 amide bonds. The fourth-order valence-electron chi connectivity index (χ4n) is 1.44. The Balaban J connectivity index is 3.18. The average molecular weight is 320 g/mol. The molecule has 1 aromatic rings. The SMILES string of the molecule is CC(C(=O)C(C#N)c1ccc(Cl)c(Cl)c1)S(C)(=O)=O. The van der Waals surface area contributed by atoms with Crippen molar-refractivity contribution in [2.24, 2.45) is 0 Å². The van der Waals surface area contributed by atoms with Crippen LogP contribution in [-0.4, -0.2) is 25.7 Å². The number of Topliss-reactive ketones (excluding diaryl/α,β-unsaturated/α-hetero) is 1. The van der Waals surface area contributed by atoms with Crippen molar-refractivity contribution in [2.75, 3.05) is 6.26 Å². The minimum atomic E-state index is -3.54. The summed E-state index contributed by atoms with van der Waals surface area (Å²) in [4.78, 5) is 12.0. The van der Waals surface area contributed by atoms with Crippen molar-refractivity contribution in [1.29, 1.82) is 5.26 Å². The van der Waals surface area contributed by atoms with Crippen LogP contribution >= 0.6 is 23.2 Å². The van der Waals surface area contributed by atoms with Crippen molar-refractivity contribution in [1.82, 2.24) is 0 Å². The Morgan fingerprint density at radius 3 is 2.32 bits per heavy atom. The molecule has 0 saturated heterocycles. The van der Waals surface area contributed by atoms with Gasteiger partial charge in [0.2, 0.25) is 0 Å². The van der Waals surface area contributed by atoms with Gasteiger partial charge < -0.3 is 0 Å². The maximum atomic E-state index is 12.0. The van der Waals surface area contributed by atoms with Crippen molar-refractivity contribution in [2.45, 2.75) is 18.1 Å². The molecule has 0 heterocycles.